The summed E-state index contributed by atoms with van der Waals surface area (Å²) in [5.74, 6) is 3.46. The lowest BCUT2D eigenvalue weighted by Gasteiger charge is -2.19. The fourth-order valence-corrected chi connectivity index (χ4v) is 3.92. The van der Waals surface area contributed by atoms with Gasteiger partial charge in [0, 0.05) is 6.54 Å². The molecule has 0 spiro atoms. The first-order chi connectivity index (χ1) is 16.4. The summed E-state index contributed by atoms with van der Waals surface area (Å²) in [5.41, 5.74) is 3.60. The Kier molecular flexibility index (Phi) is 7.41. The van der Waals surface area contributed by atoms with Crippen molar-refractivity contribution in [2.75, 3.05) is 13.7 Å². The Bertz CT molecular complexity index is 1190. The molecular weight excluding hydrogens is 424 g/mol. The van der Waals surface area contributed by atoms with Crippen LogP contribution in [0.5, 0.6) is 17.2 Å². The number of unbranched alkanes of at least 4 members (excludes halogenated alkanes) is 1. The van der Waals surface area contributed by atoms with Crippen molar-refractivity contribution in [3.05, 3.63) is 84.2 Å². The SMILES string of the molecule is COc1ccc(OCc2nc3ccccc3n2CCCCOc2ccc(C(C)(C)C)cc2)cc1. The summed E-state index contributed by atoms with van der Waals surface area (Å²) in [6.07, 6.45) is 1.96. The minimum atomic E-state index is 0.154. The predicted octanol–water partition coefficient (Wildman–Crippen LogP) is 6.78. The Balaban J connectivity index is 1.33. The molecule has 1 aromatic heterocycles. The Morgan fingerprint density at radius 1 is 0.765 bits per heavy atom. The van der Waals surface area contributed by atoms with Crippen molar-refractivity contribution in [3.63, 3.8) is 0 Å². The molecule has 178 valence electrons. The van der Waals surface area contributed by atoms with Crippen LogP contribution in [0.1, 0.15) is 45.0 Å². The van der Waals surface area contributed by atoms with Crippen molar-refractivity contribution in [1.82, 2.24) is 9.55 Å². The highest BCUT2D eigenvalue weighted by Crippen LogP contribution is 2.25. The molecule has 4 rings (SSSR count). The summed E-state index contributed by atoms with van der Waals surface area (Å²) in [6.45, 7) is 8.64. The minimum absolute atomic E-state index is 0.154. The summed E-state index contributed by atoms with van der Waals surface area (Å²) in [6, 6.07) is 24.3. The maximum atomic E-state index is 6.02. The molecular formula is C29H34N2O3. The van der Waals surface area contributed by atoms with Crippen molar-refractivity contribution in [2.45, 2.75) is 52.2 Å². The summed E-state index contributed by atoms with van der Waals surface area (Å²) in [5, 5.41) is 0. The van der Waals surface area contributed by atoms with E-state index in [4.69, 9.17) is 19.2 Å². The molecule has 0 amide bonds. The van der Waals surface area contributed by atoms with Crippen LogP contribution in [-0.2, 0) is 18.6 Å². The zero-order valence-corrected chi connectivity index (χ0v) is 20.6. The van der Waals surface area contributed by atoms with Crippen LogP contribution in [0.2, 0.25) is 0 Å². The molecule has 0 unspecified atom stereocenters. The minimum Gasteiger partial charge on any atom is -0.497 e. The van der Waals surface area contributed by atoms with Crippen LogP contribution in [0.15, 0.2) is 72.8 Å². The van der Waals surface area contributed by atoms with E-state index in [9.17, 15) is 0 Å². The number of aromatic nitrogens is 2. The summed E-state index contributed by atoms with van der Waals surface area (Å²) < 4.78 is 19.5. The normalized spacial score (nSPS) is 11.5. The van der Waals surface area contributed by atoms with Gasteiger partial charge in [0.1, 0.15) is 29.7 Å². The molecule has 0 bridgehead atoms. The zero-order chi connectivity index (χ0) is 24.0. The second-order valence-electron chi connectivity index (χ2n) is 9.46. The van der Waals surface area contributed by atoms with Crippen molar-refractivity contribution < 1.29 is 14.2 Å². The largest absolute Gasteiger partial charge is 0.497 e. The number of fused-ring (bicyclic) bond motifs is 1. The molecule has 0 aliphatic heterocycles. The molecule has 0 aliphatic rings. The van der Waals surface area contributed by atoms with Crippen LogP contribution < -0.4 is 14.2 Å². The Hall–Kier alpha value is -3.47. The van der Waals surface area contributed by atoms with Gasteiger partial charge in [-0.2, -0.15) is 0 Å². The van der Waals surface area contributed by atoms with E-state index >= 15 is 0 Å². The molecule has 3 aromatic carbocycles. The van der Waals surface area contributed by atoms with Gasteiger partial charge in [0.15, 0.2) is 0 Å². The Labute approximate surface area is 202 Å². The van der Waals surface area contributed by atoms with Crippen molar-refractivity contribution in [1.29, 1.82) is 0 Å². The first-order valence-corrected chi connectivity index (χ1v) is 11.9. The van der Waals surface area contributed by atoms with Gasteiger partial charge in [0.2, 0.25) is 0 Å². The van der Waals surface area contributed by atoms with E-state index in [0.29, 0.717) is 13.2 Å². The third-order valence-corrected chi connectivity index (χ3v) is 5.93. The van der Waals surface area contributed by atoms with Crippen LogP contribution in [0.4, 0.5) is 0 Å². The average molecular weight is 459 g/mol. The highest BCUT2D eigenvalue weighted by molar-refractivity contribution is 5.75. The summed E-state index contributed by atoms with van der Waals surface area (Å²) in [4.78, 5) is 4.82. The highest BCUT2D eigenvalue weighted by Gasteiger charge is 2.13. The number of imidazole rings is 1. The number of para-hydroxylation sites is 2. The van der Waals surface area contributed by atoms with Gasteiger partial charge in [0.25, 0.3) is 0 Å². The zero-order valence-electron chi connectivity index (χ0n) is 20.6. The predicted molar refractivity (Wildman–Crippen MR) is 137 cm³/mol. The Morgan fingerprint density at radius 3 is 2.12 bits per heavy atom. The summed E-state index contributed by atoms with van der Waals surface area (Å²) in [7, 11) is 1.66. The van der Waals surface area contributed by atoms with E-state index in [-0.39, 0.29) is 5.41 Å². The lowest BCUT2D eigenvalue weighted by molar-refractivity contribution is 0.284. The number of methoxy groups -OCH3 is 1. The Morgan fingerprint density at radius 2 is 1.41 bits per heavy atom. The molecule has 0 aliphatic carbocycles. The van der Waals surface area contributed by atoms with Crippen LogP contribution in [0.3, 0.4) is 0 Å². The third-order valence-electron chi connectivity index (χ3n) is 5.93. The molecule has 34 heavy (non-hydrogen) atoms. The van der Waals surface area contributed by atoms with Gasteiger partial charge in [-0.1, -0.05) is 45.0 Å². The van der Waals surface area contributed by atoms with Crippen LogP contribution in [-0.4, -0.2) is 23.3 Å². The first kappa shape index (κ1) is 23.7. The molecule has 0 saturated heterocycles. The molecule has 5 nitrogen and oxygen atoms in total. The van der Waals surface area contributed by atoms with Gasteiger partial charge in [-0.15, -0.1) is 0 Å². The molecule has 5 heteroatoms. The number of hydrogen-bond donors (Lipinski definition) is 0. The van der Waals surface area contributed by atoms with E-state index in [1.807, 2.05) is 36.4 Å². The lowest BCUT2D eigenvalue weighted by Crippen LogP contribution is -2.10. The van der Waals surface area contributed by atoms with E-state index in [1.54, 1.807) is 7.11 Å². The maximum absolute atomic E-state index is 6.02. The van der Waals surface area contributed by atoms with Crippen molar-refractivity contribution in [2.24, 2.45) is 0 Å². The monoisotopic (exact) mass is 458 g/mol. The molecule has 0 fully saturated rings. The molecule has 0 saturated carbocycles. The summed E-state index contributed by atoms with van der Waals surface area (Å²) >= 11 is 0. The van der Waals surface area contributed by atoms with E-state index in [2.05, 4.69) is 61.7 Å². The molecule has 1 heterocycles. The molecule has 0 atom stereocenters. The van der Waals surface area contributed by atoms with Gasteiger partial charge >= 0.3 is 0 Å². The first-order valence-electron chi connectivity index (χ1n) is 11.9. The maximum Gasteiger partial charge on any atom is 0.147 e. The van der Waals surface area contributed by atoms with Crippen molar-refractivity contribution >= 4 is 11.0 Å². The average Bonchev–Trinajstić information content (AvgIpc) is 3.20. The number of rotatable bonds is 10. The number of benzene rings is 3. The second-order valence-corrected chi connectivity index (χ2v) is 9.46. The van der Waals surface area contributed by atoms with Gasteiger partial charge in [-0.3, -0.25) is 0 Å². The van der Waals surface area contributed by atoms with E-state index < -0.39 is 0 Å². The number of aryl methyl sites for hydroxylation is 1. The number of hydrogen-bond acceptors (Lipinski definition) is 4. The molecule has 0 radical (unpaired) electrons. The van der Waals surface area contributed by atoms with Gasteiger partial charge < -0.3 is 18.8 Å². The van der Waals surface area contributed by atoms with E-state index in [1.165, 1.54) is 5.56 Å². The molecule has 0 N–H and O–H groups in total. The number of ether oxygens (including phenoxy) is 3. The van der Waals surface area contributed by atoms with Gasteiger partial charge in [-0.05, 0) is 72.4 Å². The quantitative estimate of drug-likeness (QED) is 0.246. The van der Waals surface area contributed by atoms with Crippen LogP contribution >= 0.6 is 0 Å². The van der Waals surface area contributed by atoms with Gasteiger partial charge in [0.05, 0.1) is 24.8 Å². The smallest absolute Gasteiger partial charge is 0.147 e. The van der Waals surface area contributed by atoms with Crippen molar-refractivity contribution in [3.8, 4) is 17.2 Å². The fraction of sp³-hybridized carbons (Fsp3) is 0.345. The van der Waals surface area contributed by atoms with Crippen LogP contribution in [0, 0.1) is 0 Å². The third kappa shape index (κ3) is 5.90. The number of nitrogens with zero attached hydrogens (tertiary/aromatic N) is 2. The topological polar surface area (TPSA) is 45.5 Å². The standard InChI is InChI=1S/C29H34N2O3/c1-29(2,3)22-11-13-24(14-12-22)33-20-8-7-19-31-27-10-6-5-9-26(27)30-28(31)21-34-25-17-15-23(32-4)16-18-25/h5-6,9-18H,7-8,19-21H2,1-4H3. The van der Waals surface area contributed by atoms with Gasteiger partial charge in [-0.25, -0.2) is 4.98 Å². The lowest BCUT2D eigenvalue weighted by atomic mass is 9.87. The second kappa shape index (κ2) is 10.6. The van der Waals surface area contributed by atoms with E-state index in [0.717, 1.165) is 53.5 Å². The molecule has 4 aromatic rings. The fourth-order valence-electron chi connectivity index (χ4n) is 3.92. The van der Waals surface area contributed by atoms with Crippen LogP contribution in [0.25, 0.3) is 11.0 Å². The highest BCUT2D eigenvalue weighted by atomic mass is 16.5.